The predicted octanol–water partition coefficient (Wildman–Crippen LogP) is 4.30. The van der Waals surface area contributed by atoms with Crippen LogP contribution in [0.2, 0.25) is 0 Å². The third-order valence-electron chi connectivity index (χ3n) is 3.99. The molecule has 0 aliphatic heterocycles. The maximum absolute atomic E-state index is 12.0. The van der Waals surface area contributed by atoms with Gasteiger partial charge in [-0.2, -0.15) is 0 Å². The zero-order valence-electron chi connectivity index (χ0n) is 11.2. The predicted molar refractivity (Wildman–Crippen MR) is 77.6 cm³/mol. The Morgan fingerprint density at radius 1 is 1.11 bits per heavy atom. The Bertz CT molecular complexity index is 598. The highest BCUT2D eigenvalue weighted by Crippen LogP contribution is 2.34. The average Bonchev–Trinajstić information content (AvgIpc) is 2.43. The van der Waals surface area contributed by atoms with Gasteiger partial charge in [-0.25, -0.2) is 0 Å². The standard InChI is InChI=1S/C18H18O/c1-13-7-9-16-15(8-10-18(19)17(16)11-13)12-14-5-3-2-4-6-14/h2-7,9,11,15H,8,10,12H2,1H3/t15-/m0/s1. The highest BCUT2D eigenvalue weighted by Gasteiger charge is 2.25. The van der Waals surface area contributed by atoms with Crippen LogP contribution in [-0.2, 0) is 6.42 Å². The van der Waals surface area contributed by atoms with E-state index in [2.05, 4.69) is 42.5 Å². The molecule has 0 N–H and O–H groups in total. The zero-order chi connectivity index (χ0) is 13.2. The highest BCUT2D eigenvalue weighted by molar-refractivity contribution is 5.99. The first-order valence-corrected chi connectivity index (χ1v) is 6.92. The smallest absolute Gasteiger partial charge is 0.163 e. The van der Waals surface area contributed by atoms with E-state index in [4.69, 9.17) is 0 Å². The maximum atomic E-state index is 12.0. The summed E-state index contributed by atoms with van der Waals surface area (Å²) in [5.41, 5.74) is 4.72. The number of ketones is 1. The molecule has 19 heavy (non-hydrogen) atoms. The monoisotopic (exact) mass is 250 g/mol. The van der Waals surface area contributed by atoms with Crippen molar-refractivity contribution in [1.82, 2.24) is 0 Å². The number of hydrogen-bond acceptors (Lipinski definition) is 1. The van der Waals surface area contributed by atoms with Crippen LogP contribution in [0, 0.1) is 6.92 Å². The van der Waals surface area contributed by atoms with Gasteiger partial charge in [0.05, 0.1) is 0 Å². The summed E-state index contributed by atoms with van der Waals surface area (Å²) in [7, 11) is 0. The molecule has 1 atom stereocenters. The lowest BCUT2D eigenvalue weighted by atomic mass is 9.78. The van der Waals surface area contributed by atoms with Crippen LogP contribution in [0.3, 0.4) is 0 Å². The third kappa shape index (κ3) is 2.46. The first-order chi connectivity index (χ1) is 9.24. The van der Waals surface area contributed by atoms with Gasteiger partial charge < -0.3 is 0 Å². The average molecular weight is 250 g/mol. The summed E-state index contributed by atoms with van der Waals surface area (Å²) in [4.78, 5) is 12.0. The van der Waals surface area contributed by atoms with Gasteiger partial charge in [-0.1, -0.05) is 48.0 Å². The van der Waals surface area contributed by atoms with Gasteiger partial charge in [0.25, 0.3) is 0 Å². The Hall–Kier alpha value is -1.89. The molecular formula is C18H18O. The SMILES string of the molecule is Cc1ccc2c(c1)C(=O)CC[C@H]2Cc1ccccc1. The molecule has 0 bridgehead atoms. The van der Waals surface area contributed by atoms with E-state index < -0.39 is 0 Å². The summed E-state index contributed by atoms with van der Waals surface area (Å²) < 4.78 is 0. The molecule has 1 aliphatic rings. The highest BCUT2D eigenvalue weighted by atomic mass is 16.1. The van der Waals surface area contributed by atoms with E-state index in [0.29, 0.717) is 18.1 Å². The van der Waals surface area contributed by atoms with E-state index >= 15 is 0 Å². The number of aryl methyl sites for hydroxylation is 1. The van der Waals surface area contributed by atoms with E-state index in [0.717, 1.165) is 18.4 Å². The molecule has 0 unspecified atom stereocenters. The maximum Gasteiger partial charge on any atom is 0.163 e. The summed E-state index contributed by atoms with van der Waals surface area (Å²) in [5, 5.41) is 0. The van der Waals surface area contributed by atoms with Gasteiger partial charge in [-0.15, -0.1) is 0 Å². The van der Waals surface area contributed by atoms with Crippen LogP contribution in [0.15, 0.2) is 48.5 Å². The number of benzene rings is 2. The summed E-state index contributed by atoms with van der Waals surface area (Å²) in [6.07, 6.45) is 2.70. The van der Waals surface area contributed by atoms with Crippen LogP contribution < -0.4 is 0 Å². The van der Waals surface area contributed by atoms with Crippen LogP contribution in [0.5, 0.6) is 0 Å². The second kappa shape index (κ2) is 5.00. The summed E-state index contributed by atoms with van der Waals surface area (Å²) in [5.74, 6) is 0.790. The number of Topliss-reactive ketones (excluding diaryl/α,β-unsaturated/α-hetero) is 1. The van der Waals surface area contributed by atoms with Crippen molar-refractivity contribution in [3.05, 3.63) is 70.8 Å². The van der Waals surface area contributed by atoms with E-state index in [9.17, 15) is 4.79 Å². The Balaban J connectivity index is 1.93. The van der Waals surface area contributed by atoms with Crippen LogP contribution in [0.4, 0.5) is 0 Å². The fraction of sp³-hybridized carbons (Fsp3) is 0.278. The van der Waals surface area contributed by atoms with Gasteiger partial charge in [0.2, 0.25) is 0 Å². The van der Waals surface area contributed by atoms with E-state index in [1.807, 2.05) is 13.0 Å². The number of hydrogen-bond donors (Lipinski definition) is 0. The van der Waals surface area contributed by atoms with E-state index in [1.165, 1.54) is 16.7 Å². The molecule has 2 aromatic rings. The molecule has 1 nitrogen and oxygen atoms in total. The molecule has 0 aromatic heterocycles. The van der Waals surface area contributed by atoms with Gasteiger partial charge in [0.1, 0.15) is 0 Å². The normalized spacial score (nSPS) is 18.2. The van der Waals surface area contributed by atoms with Crippen molar-refractivity contribution >= 4 is 5.78 Å². The fourth-order valence-corrected chi connectivity index (χ4v) is 2.97. The van der Waals surface area contributed by atoms with Crippen LogP contribution in [0.25, 0.3) is 0 Å². The molecule has 1 aliphatic carbocycles. The molecule has 0 amide bonds. The molecule has 0 heterocycles. The van der Waals surface area contributed by atoms with Crippen molar-refractivity contribution in [3.63, 3.8) is 0 Å². The first kappa shape index (κ1) is 12.2. The second-order valence-corrected chi connectivity index (χ2v) is 5.44. The molecule has 0 fully saturated rings. The lowest BCUT2D eigenvalue weighted by Crippen LogP contribution is -2.17. The molecule has 96 valence electrons. The van der Waals surface area contributed by atoms with Crippen molar-refractivity contribution in [1.29, 1.82) is 0 Å². The molecule has 0 spiro atoms. The number of rotatable bonds is 2. The number of fused-ring (bicyclic) bond motifs is 1. The van der Waals surface area contributed by atoms with Crippen molar-refractivity contribution in [2.24, 2.45) is 0 Å². The summed E-state index contributed by atoms with van der Waals surface area (Å²) >= 11 is 0. The molecular weight excluding hydrogens is 232 g/mol. The topological polar surface area (TPSA) is 17.1 Å². The summed E-state index contributed by atoms with van der Waals surface area (Å²) in [6, 6.07) is 16.9. The quantitative estimate of drug-likeness (QED) is 0.776. The van der Waals surface area contributed by atoms with Crippen molar-refractivity contribution < 1.29 is 4.79 Å². The largest absolute Gasteiger partial charge is 0.294 e. The van der Waals surface area contributed by atoms with Crippen molar-refractivity contribution in [3.8, 4) is 0 Å². The molecule has 2 aromatic carbocycles. The lowest BCUT2D eigenvalue weighted by Gasteiger charge is -2.25. The van der Waals surface area contributed by atoms with Crippen LogP contribution >= 0.6 is 0 Å². The van der Waals surface area contributed by atoms with Crippen LogP contribution in [0.1, 0.15) is 45.8 Å². The number of carbonyl (C=O) groups excluding carboxylic acids is 1. The molecule has 1 heteroatoms. The van der Waals surface area contributed by atoms with Crippen molar-refractivity contribution in [2.75, 3.05) is 0 Å². The molecule has 0 radical (unpaired) electrons. The van der Waals surface area contributed by atoms with Gasteiger partial charge in [0.15, 0.2) is 5.78 Å². The first-order valence-electron chi connectivity index (χ1n) is 6.92. The minimum absolute atomic E-state index is 0.308. The van der Waals surface area contributed by atoms with Gasteiger partial charge in [0, 0.05) is 12.0 Å². The zero-order valence-corrected chi connectivity index (χ0v) is 11.2. The molecule has 3 rings (SSSR count). The van der Waals surface area contributed by atoms with Gasteiger partial charge in [-0.05, 0) is 42.9 Å². The minimum Gasteiger partial charge on any atom is -0.294 e. The van der Waals surface area contributed by atoms with E-state index in [-0.39, 0.29) is 0 Å². The van der Waals surface area contributed by atoms with Gasteiger partial charge >= 0.3 is 0 Å². The Labute approximate surface area is 114 Å². The van der Waals surface area contributed by atoms with E-state index in [1.54, 1.807) is 0 Å². The molecule has 0 saturated heterocycles. The third-order valence-corrected chi connectivity index (χ3v) is 3.99. The lowest BCUT2D eigenvalue weighted by molar-refractivity contribution is 0.0966. The minimum atomic E-state index is 0.308. The number of carbonyl (C=O) groups is 1. The Kier molecular flexibility index (Phi) is 3.20. The second-order valence-electron chi connectivity index (χ2n) is 5.44. The Morgan fingerprint density at radius 2 is 1.89 bits per heavy atom. The Morgan fingerprint density at radius 3 is 2.68 bits per heavy atom. The van der Waals surface area contributed by atoms with Crippen molar-refractivity contribution in [2.45, 2.75) is 32.1 Å². The van der Waals surface area contributed by atoms with Gasteiger partial charge in [-0.3, -0.25) is 4.79 Å². The van der Waals surface area contributed by atoms with Crippen LogP contribution in [-0.4, -0.2) is 5.78 Å². The summed E-state index contributed by atoms with van der Waals surface area (Å²) in [6.45, 7) is 2.05. The fourth-order valence-electron chi connectivity index (χ4n) is 2.97. The molecule has 0 saturated carbocycles.